The molecule has 0 aliphatic heterocycles. The summed E-state index contributed by atoms with van der Waals surface area (Å²) in [7, 11) is 0. The fourth-order valence-electron chi connectivity index (χ4n) is 2.73. The number of benzene rings is 2. The van der Waals surface area contributed by atoms with Gasteiger partial charge in [0.05, 0.1) is 11.0 Å². The van der Waals surface area contributed by atoms with Crippen LogP contribution in [0.1, 0.15) is 16.7 Å². The van der Waals surface area contributed by atoms with E-state index in [2.05, 4.69) is 46.8 Å². The molecule has 23 heavy (non-hydrogen) atoms. The van der Waals surface area contributed by atoms with Gasteiger partial charge in [-0.3, -0.25) is 0 Å². The molecule has 0 unspecified atom stereocenters. The van der Waals surface area contributed by atoms with Gasteiger partial charge >= 0.3 is 0 Å². The second-order valence-electron chi connectivity index (χ2n) is 5.81. The molecule has 0 aliphatic rings. The summed E-state index contributed by atoms with van der Waals surface area (Å²) in [4.78, 5) is 4.70. The Bertz CT molecular complexity index is 1030. The molecule has 6 nitrogen and oxygen atoms in total. The Morgan fingerprint density at radius 3 is 2.57 bits per heavy atom. The summed E-state index contributed by atoms with van der Waals surface area (Å²) in [6.45, 7) is 6.19. The van der Waals surface area contributed by atoms with Gasteiger partial charge < -0.3 is 5.32 Å². The molecular formula is C17H16N6. The van der Waals surface area contributed by atoms with E-state index in [-0.39, 0.29) is 0 Å². The first-order valence-electron chi connectivity index (χ1n) is 7.44. The molecule has 0 radical (unpaired) electrons. The second-order valence-corrected chi connectivity index (χ2v) is 5.81. The SMILES string of the molecule is Cc1ccc(Nc2nc3ccc(C)cc3n3nnnc23)c(C)c1. The number of hydrogen-bond donors (Lipinski definition) is 1. The van der Waals surface area contributed by atoms with Crippen LogP contribution in [-0.4, -0.2) is 25.0 Å². The van der Waals surface area contributed by atoms with E-state index in [0.717, 1.165) is 27.8 Å². The number of aryl methyl sites for hydroxylation is 3. The highest BCUT2D eigenvalue weighted by Gasteiger charge is 2.12. The topological polar surface area (TPSA) is 68.0 Å². The van der Waals surface area contributed by atoms with Gasteiger partial charge in [-0.1, -0.05) is 23.8 Å². The van der Waals surface area contributed by atoms with Crippen molar-refractivity contribution in [2.24, 2.45) is 0 Å². The number of anilines is 2. The molecule has 1 N–H and O–H groups in total. The van der Waals surface area contributed by atoms with Crippen LogP contribution in [0.15, 0.2) is 36.4 Å². The highest BCUT2D eigenvalue weighted by Crippen LogP contribution is 2.25. The van der Waals surface area contributed by atoms with Crippen LogP contribution in [0.5, 0.6) is 0 Å². The lowest BCUT2D eigenvalue weighted by Gasteiger charge is -2.11. The Hall–Kier alpha value is -3.02. The molecule has 6 heteroatoms. The standard InChI is InChI=1S/C17H16N6/c1-10-4-6-13(12(3)8-10)18-16-17-20-21-22-23(17)15-9-11(2)5-7-14(15)19-16/h4-9H,1-3H3,(H,18,19). The zero-order valence-electron chi connectivity index (χ0n) is 13.2. The Labute approximate surface area is 133 Å². The zero-order chi connectivity index (χ0) is 16.0. The minimum absolute atomic E-state index is 0.614. The van der Waals surface area contributed by atoms with Gasteiger partial charge in [0.15, 0.2) is 5.82 Å². The minimum atomic E-state index is 0.614. The normalized spacial score (nSPS) is 11.3. The van der Waals surface area contributed by atoms with Gasteiger partial charge in [-0.15, -0.1) is 5.10 Å². The maximum absolute atomic E-state index is 4.70. The Balaban J connectivity index is 1.91. The molecule has 114 valence electrons. The predicted molar refractivity (Wildman–Crippen MR) is 90.0 cm³/mol. The lowest BCUT2D eigenvalue weighted by atomic mass is 10.1. The number of nitrogens with zero attached hydrogens (tertiary/aromatic N) is 5. The van der Waals surface area contributed by atoms with Crippen molar-refractivity contribution in [2.75, 3.05) is 5.32 Å². The highest BCUT2D eigenvalue weighted by atomic mass is 15.5. The van der Waals surface area contributed by atoms with E-state index in [9.17, 15) is 0 Å². The summed E-state index contributed by atoms with van der Waals surface area (Å²) in [5.74, 6) is 0.651. The van der Waals surface area contributed by atoms with E-state index in [4.69, 9.17) is 4.98 Å². The van der Waals surface area contributed by atoms with Crippen molar-refractivity contribution in [3.05, 3.63) is 53.1 Å². The molecule has 0 aliphatic carbocycles. The summed E-state index contributed by atoms with van der Waals surface area (Å²) in [5, 5.41) is 15.4. The number of fused-ring (bicyclic) bond motifs is 3. The van der Waals surface area contributed by atoms with Crippen LogP contribution in [-0.2, 0) is 0 Å². The van der Waals surface area contributed by atoms with Gasteiger partial charge in [-0.05, 0) is 60.5 Å². The van der Waals surface area contributed by atoms with Crippen LogP contribution in [0.4, 0.5) is 11.5 Å². The maximum atomic E-state index is 4.70. The molecule has 0 saturated heterocycles. The van der Waals surface area contributed by atoms with E-state index < -0.39 is 0 Å². The van der Waals surface area contributed by atoms with E-state index in [1.807, 2.05) is 31.2 Å². The zero-order valence-corrected chi connectivity index (χ0v) is 13.2. The van der Waals surface area contributed by atoms with Crippen molar-refractivity contribution >= 4 is 28.2 Å². The first kappa shape index (κ1) is 13.6. The number of tetrazole rings is 1. The van der Waals surface area contributed by atoms with Crippen LogP contribution in [0.25, 0.3) is 16.7 Å². The molecule has 0 spiro atoms. The first-order chi connectivity index (χ1) is 11.1. The molecule has 4 aromatic rings. The van der Waals surface area contributed by atoms with Crippen molar-refractivity contribution in [1.82, 2.24) is 25.0 Å². The van der Waals surface area contributed by atoms with Gasteiger partial charge in [0, 0.05) is 5.69 Å². The van der Waals surface area contributed by atoms with Crippen LogP contribution in [0.2, 0.25) is 0 Å². The average molecular weight is 304 g/mol. The average Bonchev–Trinajstić information content (AvgIpc) is 3.01. The smallest absolute Gasteiger partial charge is 0.222 e. The van der Waals surface area contributed by atoms with Gasteiger partial charge in [0.2, 0.25) is 5.65 Å². The monoisotopic (exact) mass is 304 g/mol. The van der Waals surface area contributed by atoms with E-state index in [1.54, 1.807) is 4.52 Å². The van der Waals surface area contributed by atoms with Crippen LogP contribution >= 0.6 is 0 Å². The molecule has 0 saturated carbocycles. The quantitative estimate of drug-likeness (QED) is 0.615. The third-order valence-electron chi connectivity index (χ3n) is 3.91. The second kappa shape index (κ2) is 5.01. The van der Waals surface area contributed by atoms with Crippen LogP contribution in [0, 0.1) is 20.8 Å². The largest absolute Gasteiger partial charge is 0.337 e. The Morgan fingerprint density at radius 2 is 1.74 bits per heavy atom. The molecule has 2 heterocycles. The number of nitrogens with one attached hydrogen (secondary N) is 1. The number of aromatic nitrogens is 5. The van der Waals surface area contributed by atoms with Crippen molar-refractivity contribution < 1.29 is 0 Å². The molecule has 0 bridgehead atoms. The molecule has 2 aromatic heterocycles. The predicted octanol–water partition coefficient (Wildman–Crippen LogP) is 3.34. The molecule has 0 atom stereocenters. The minimum Gasteiger partial charge on any atom is -0.337 e. The maximum Gasteiger partial charge on any atom is 0.222 e. The summed E-state index contributed by atoms with van der Waals surface area (Å²) < 4.78 is 1.72. The molecule has 2 aromatic carbocycles. The molecule has 4 rings (SSSR count). The fraction of sp³-hybridized carbons (Fsp3) is 0.176. The number of rotatable bonds is 2. The van der Waals surface area contributed by atoms with Crippen molar-refractivity contribution in [1.29, 1.82) is 0 Å². The van der Waals surface area contributed by atoms with Gasteiger partial charge in [-0.2, -0.15) is 4.52 Å². The molecular weight excluding hydrogens is 288 g/mol. The summed E-state index contributed by atoms with van der Waals surface area (Å²) in [6.07, 6.45) is 0. The summed E-state index contributed by atoms with van der Waals surface area (Å²) >= 11 is 0. The van der Waals surface area contributed by atoms with E-state index >= 15 is 0 Å². The Kier molecular flexibility index (Phi) is 2.97. The number of hydrogen-bond acceptors (Lipinski definition) is 5. The third kappa shape index (κ3) is 2.28. The lowest BCUT2D eigenvalue weighted by molar-refractivity contribution is 0.840. The highest BCUT2D eigenvalue weighted by molar-refractivity contribution is 5.84. The van der Waals surface area contributed by atoms with Crippen LogP contribution < -0.4 is 5.32 Å². The van der Waals surface area contributed by atoms with Gasteiger partial charge in [0.1, 0.15) is 0 Å². The van der Waals surface area contributed by atoms with Crippen LogP contribution in [0.3, 0.4) is 0 Å². The molecule has 0 amide bonds. The van der Waals surface area contributed by atoms with Gasteiger partial charge in [0.25, 0.3) is 0 Å². The van der Waals surface area contributed by atoms with Crippen molar-refractivity contribution in [3.63, 3.8) is 0 Å². The molecule has 0 fully saturated rings. The lowest BCUT2D eigenvalue weighted by Crippen LogP contribution is -2.02. The first-order valence-corrected chi connectivity index (χ1v) is 7.44. The van der Waals surface area contributed by atoms with Crippen molar-refractivity contribution in [2.45, 2.75) is 20.8 Å². The third-order valence-corrected chi connectivity index (χ3v) is 3.91. The Morgan fingerprint density at radius 1 is 0.957 bits per heavy atom. The van der Waals surface area contributed by atoms with Crippen molar-refractivity contribution in [3.8, 4) is 0 Å². The van der Waals surface area contributed by atoms with E-state index in [1.165, 1.54) is 5.56 Å². The summed E-state index contributed by atoms with van der Waals surface area (Å²) in [5.41, 5.74) is 6.89. The van der Waals surface area contributed by atoms with Gasteiger partial charge in [-0.25, -0.2) is 4.98 Å². The van der Waals surface area contributed by atoms with E-state index in [0.29, 0.717) is 11.5 Å². The summed E-state index contributed by atoms with van der Waals surface area (Å²) in [6, 6.07) is 12.3. The fourth-order valence-corrected chi connectivity index (χ4v) is 2.73.